The third kappa shape index (κ3) is 4.75. The van der Waals surface area contributed by atoms with Crippen LogP contribution >= 0.6 is 15.9 Å². The highest BCUT2D eigenvalue weighted by molar-refractivity contribution is 9.10. The molecule has 5 nitrogen and oxygen atoms in total. The number of halogens is 1. The maximum Gasteiger partial charge on any atom is 0.241 e. The molecule has 2 rings (SSSR count). The van der Waals surface area contributed by atoms with Gasteiger partial charge in [-0.05, 0) is 53.0 Å². The smallest absolute Gasteiger partial charge is 0.241 e. The van der Waals surface area contributed by atoms with Crippen molar-refractivity contribution in [3.05, 3.63) is 28.2 Å². The molecular formula is C14H21BrN2O3S. The Balaban J connectivity index is 2.11. The molecule has 0 amide bonds. The van der Waals surface area contributed by atoms with E-state index in [9.17, 15) is 8.42 Å². The van der Waals surface area contributed by atoms with Gasteiger partial charge in [0.2, 0.25) is 10.0 Å². The Morgan fingerprint density at radius 1 is 1.33 bits per heavy atom. The summed E-state index contributed by atoms with van der Waals surface area (Å²) in [6.07, 6.45) is 1.44. The predicted octanol–water partition coefficient (Wildman–Crippen LogP) is 2.02. The Labute approximate surface area is 134 Å². The van der Waals surface area contributed by atoms with Gasteiger partial charge in [0.25, 0.3) is 0 Å². The minimum absolute atomic E-state index is 0.0444. The van der Waals surface area contributed by atoms with Crippen molar-refractivity contribution < 1.29 is 13.2 Å². The minimum atomic E-state index is -3.50. The first-order chi connectivity index (χ1) is 10.0. The maximum atomic E-state index is 12.4. The SMILES string of the molecule is CCNCc1ccc(S(=O)(=O)NC2CCOCC2)c(Br)c1. The molecule has 0 unspecified atom stereocenters. The molecule has 0 atom stereocenters. The van der Waals surface area contributed by atoms with Crippen LogP contribution in [0.15, 0.2) is 27.6 Å². The molecule has 21 heavy (non-hydrogen) atoms. The summed E-state index contributed by atoms with van der Waals surface area (Å²) in [6, 6.07) is 5.29. The Kier molecular flexibility index (Phi) is 6.19. The van der Waals surface area contributed by atoms with E-state index in [1.807, 2.05) is 19.1 Å². The largest absolute Gasteiger partial charge is 0.381 e. The second-order valence-corrected chi connectivity index (χ2v) is 7.59. The van der Waals surface area contributed by atoms with E-state index in [4.69, 9.17) is 4.74 Å². The highest BCUT2D eigenvalue weighted by Gasteiger charge is 2.23. The normalized spacial score (nSPS) is 17.0. The van der Waals surface area contributed by atoms with E-state index in [-0.39, 0.29) is 10.9 Å². The fourth-order valence-corrected chi connectivity index (χ4v) is 4.67. The van der Waals surface area contributed by atoms with E-state index in [1.165, 1.54) is 0 Å². The highest BCUT2D eigenvalue weighted by atomic mass is 79.9. The van der Waals surface area contributed by atoms with Crippen LogP contribution in [0.5, 0.6) is 0 Å². The van der Waals surface area contributed by atoms with Gasteiger partial charge in [0, 0.05) is 30.3 Å². The molecule has 0 spiro atoms. The van der Waals surface area contributed by atoms with Gasteiger partial charge in [0.15, 0.2) is 0 Å². The van der Waals surface area contributed by atoms with Crippen molar-refractivity contribution in [1.29, 1.82) is 0 Å². The summed E-state index contributed by atoms with van der Waals surface area (Å²) >= 11 is 3.37. The van der Waals surface area contributed by atoms with E-state index in [0.29, 0.717) is 17.7 Å². The summed E-state index contributed by atoms with van der Waals surface area (Å²) in [7, 11) is -3.50. The Morgan fingerprint density at radius 3 is 2.67 bits per heavy atom. The lowest BCUT2D eigenvalue weighted by atomic mass is 10.1. The molecule has 1 aliphatic rings. The van der Waals surface area contributed by atoms with Gasteiger partial charge in [0.1, 0.15) is 0 Å². The minimum Gasteiger partial charge on any atom is -0.381 e. The quantitative estimate of drug-likeness (QED) is 0.796. The summed E-state index contributed by atoms with van der Waals surface area (Å²) < 4.78 is 33.5. The molecule has 1 fully saturated rings. The topological polar surface area (TPSA) is 67.4 Å². The Hall–Kier alpha value is -0.470. The maximum absolute atomic E-state index is 12.4. The average Bonchev–Trinajstić information content (AvgIpc) is 2.45. The Morgan fingerprint density at radius 2 is 2.05 bits per heavy atom. The molecule has 0 radical (unpaired) electrons. The number of nitrogens with one attached hydrogen (secondary N) is 2. The molecule has 0 aromatic heterocycles. The van der Waals surface area contributed by atoms with Crippen LogP contribution in [0.2, 0.25) is 0 Å². The first kappa shape index (κ1) is 16.9. The van der Waals surface area contributed by atoms with Crippen molar-refractivity contribution in [3.8, 4) is 0 Å². The zero-order chi connectivity index (χ0) is 15.3. The van der Waals surface area contributed by atoms with Gasteiger partial charge in [-0.15, -0.1) is 0 Å². The lowest BCUT2D eigenvalue weighted by molar-refractivity contribution is 0.0832. The summed E-state index contributed by atoms with van der Waals surface area (Å²) in [4.78, 5) is 0.286. The lowest BCUT2D eigenvalue weighted by Gasteiger charge is -2.23. The summed E-state index contributed by atoms with van der Waals surface area (Å²) in [5.41, 5.74) is 1.05. The summed E-state index contributed by atoms with van der Waals surface area (Å²) in [6.45, 7) is 4.85. The number of rotatable bonds is 6. The molecule has 1 aromatic carbocycles. The molecule has 0 bridgehead atoms. The summed E-state index contributed by atoms with van der Waals surface area (Å²) in [5.74, 6) is 0. The number of ether oxygens (including phenoxy) is 1. The third-order valence-electron chi connectivity index (χ3n) is 3.41. The molecule has 0 saturated carbocycles. The van der Waals surface area contributed by atoms with Gasteiger partial charge < -0.3 is 10.1 Å². The molecule has 1 aliphatic heterocycles. The van der Waals surface area contributed by atoms with Crippen LogP contribution in [0.4, 0.5) is 0 Å². The van der Waals surface area contributed by atoms with Crippen molar-refractivity contribution in [2.24, 2.45) is 0 Å². The molecule has 0 aliphatic carbocycles. The summed E-state index contributed by atoms with van der Waals surface area (Å²) in [5, 5.41) is 3.22. The van der Waals surface area contributed by atoms with Crippen molar-refractivity contribution in [2.75, 3.05) is 19.8 Å². The van der Waals surface area contributed by atoms with E-state index in [0.717, 1.165) is 31.5 Å². The zero-order valence-corrected chi connectivity index (χ0v) is 14.5. The molecular weight excluding hydrogens is 356 g/mol. The second kappa shape index (κ2) is 7.69. The van der Waals surface area contributed by atoms with Crippen LogP contribution < -0.4 is 10.0 Å². The van der Waals surface area contributed by atoms with Crippen molar-refractivity contribution in [3.63, 3.8) is 0 Å². The van der Waals surface area contributed by atoms with Gasteiger partial charge in [-0.25, -0.2) is 13.1 Å². The fraction of sp³-hybridized carbons (Fsp3) is 0.571. The van der Waals surface area contributed by atoms with Crippen molar-refractivity contribution in [1.82, 2.24) is 10.0 Å². The van der Waals surface area contributed by atoms with Crippen LogP contribution in [0.3, 0.4) is 0 Å². The first-order valence-electron chi connectivity index (χ1n) is 7.12. The van der Waals surface area contributed by atoms with Gasteiger partial charge in [0.05, 0.1) is 4.90 Å². The van der Waals surface area contributed by atoms with E-state index in [1.54, 1.807) is 6.07 Å². The number of sulfonamides is 1. The number of benzene rings is 1. The van der Waals surface area contributed by atoms with Crippen molar-refractivity contribution in [2.45, 2.75) is 37.2 Å². The van der Waals surface area contributed by atoms with Gasteiger partial charge in [-0.2, -0.15) is 0 Å². The molecule has 2 N–H and O–H groups in total. The van der Waals surface area contributed by atoms with Crippen molar-refractivity contribution >= 4 is 26.0 Å². The average molecular weight is 377 g/mol. The molecule has 1 aromatic rings. The third-order valence-corrected chi connectivity index (χ3v) is 5.91. The van der Waals surface area contributed by atoms with Crippen LogP contribution in [-0.2, 0) is 21.3 Å². The van der Waals surface area contributed by atoms with Crippen LogP contribution in [0.25, 0.3) is 0 Å². The molecule has 1 saturated heterocycles. The van der Waals surface area contributed by atoms with Gasteiger partial charge >= 0.3 is 0 Å². The van der Waals surface area contributed by atoms with Gasteiger partial charge in [-0.1, -0.05) is 13.0 Å². The lowest BCUT2D eigenvalue weighted by Crippen LogP contribution is -2.38. The van der Waals surface area contributed by atoms with E-state index in [2.05, 4.69) is 26.0 Å². The predicted molar refractivity (Wildman–Crippen MR) is 85.7 cm³/mol. The van der Waals surface area contributed by atoms with E-state index < -0.39 is 10.0 Å². The first-order valence-corrected chi connectivity index (χ1v) is 9.40. The molecule has 1 heterocycles. The zero-order valence-electron chi connectivity index (χ0n) is 12.1. The van der Waals surface area contributed by atoms with E-state index >= 15 is 0 Å². The standard InChI is InChI=1S/C14H21BrN2O3S/c1-2-16-10-11-3-4-14(13(15)9-11)21(18,19)17-12-5-7-20-8-6-12/h3-4,9,12,16-17H,2,5-8,10H2,1H3. The van der Waals surface area contributed by atoms with Crippen LogP contribution in [-0.4, -0.2) is 34.2 Å². The fourth-order valence-electron chi connectivity index (χ4n) is 2.24. The Bertz CT molecular complexity index is 572. The highest BCUT2D eigenvalue weighted by Crippen LogP contribution is 2.24. The monoisotopic (exact) mass is 376 g/mol. The van der Waals surface area contributed by atoms with Crippen LogP contribution in [0, 0.1) is 0 Å². The second-order valence-electron chi connectivity index (χ2n) is 5.05. The van der Waals surface area contributed by atoms with Crippen LogP contribution in [0.1, 0.15) is 25.3 Å². The number of hydrogen-bond donors (Lipinski definition) is 2. The molecule has 7 heteroatoms. The molecule has 118 valence electrons. The number of hydrogen-bond acceptors (Lipinski definition) is 4. The van der Waals surface area contributed by atoms with Gasteiger partial charge in [-0.3, -0.25) is 0 Å².